The lowest BCUT2D eigenvalue weighted by Gasteiger charge is -2.36. The van der Waals surface area contributed by atoms with Crippen molar-refractivity contribution < 1.29 is 14.0 Å². The molecule has 0 bridgehead atoms. The fraction of sp³-hybridized carbons (Fsp3) is 0.304. The summed E-state index contributed by atoms with van der Waals surface area (Å²) in [6, 6.07) is 18.8. The molecule has 6 heteroatoms. The molecule has 2 aromatic carbocycles. The minimum Gasteiger partial charge on any atom is -0.461 e. The number of nitrogens with one attached hydrogen (secondary N) is 1. The first-order valence-electron chi connectivity index (χ1n) is 9.98. The van der Waals surface area contributed by atoms with Crippen LogP contribution in [0.2, 0.25) is 0 Å². The maximum atomic E-state index is 13.0. The molecular weight excluding hydrogens is 366 g/mol. The van der Waals surface area contributed by atoms with E-state index in [1.807, 2.05) is 60.7 Å². The third-order valence-electron chi connectivity index (χ3n) is 5.39. The van der Waals surface area contributed by atoms with Gasteiger partial charge < -0.3 is 19.5 Å². The zero-order valence-corrected chi connectivity index (χ0v) is 16.5. The van der Waals surface area contributed by atoms with Crippen molar-refractivity contribution in [3.63, 3.8) is 0 Å². The van der Waals surface area contributed by atoms with E-state index in [-0.39, 0.29) is 11.9 Å². The number of hydrogen-bond donors (Lipinski definition) is 1. The number of para-hydroxylation sites is 2. The van der Waals surface area contributed by atoms with E-state index in [9.17, 15) is 9.59 Å². The fourth-order valence-corrected chi connectivity index (χ4v) is 3.80. The van der Waals surface area contributed by atoms with Gasteiger partial charge in [0.25, 0.3) is 0 Å². The van der Waals surface area contributed by atoms with Crippen LogP contribution < -0.4 is 10.2 Å². The van der Waals surface area contributed by atoms with E-state index in [2.05, 4.69) is 5.32 Å². The predicted molar refractivity (Wildman–Crippen MR) is 113 cm³/mol. The molecular formula is C23H25N3O3. The van der Waals surface area contributed by atoms with Gasteiger partial charge in [0.2, 0.25) is 5.91 Å². The monoisotopic (exact) mass is 391 g/mol. The van der Waals surface area contributed by atoms with Crippen molar-refractivity contribution >= 4 is 28.6 Å². The maximum absolute atomic E-state index is 13.0. The number of fused-ring (bicyclic) bond motifs is 1. The van der Waals surface area contributed by atoms with Gasteiger partial charge in [-0.2, -0.15) is 0 Å². The number of amides is 3. The second kappa shape index (κ2) is 8.39. The SMILES string of the molecule is CN(C(=O)NCCc1cc2ccccc2o1)C1CCCN(c2ccccc2)C1=O. The van der Waals surface area contributed by atoms with E-state index in [4.69, 9.17) is 4.42 Å². The second-order valence-electron chi connectivity index (χ2n) is 7.33. The minimum atomic E-state index is -0.449. The van der Waals surface area contributed by atoms with Gasteiger partial charge in [-0.1, -0.05) is 36.4 Å². The van der Waals surface area contributed by atoms with Crippen molar-refractivity contribution in [2.75, 3.05) is 25.0 Å². The summed E-state index contributed by atoms with van der Waals surface area (Å²) in [5.74, 6) is 0.801. The molecule has 150 valence electrons. The molecule has 6 nitrogen and oxygen atoms in total. The molecule has 3 aromatic rings. The van der Waals surface area contributed by atoms with Crippen molar-refractivity contribution in [3.05, 3.63) is 66.4 Å². The summed E-state index contributed by atoms with van der Waals surface area (Å²) in [6.45, 7) is 1.13. The number of urea groups is 1. The first-order chi connectivity index (χ1) is 14.1. The summed E-state index contributed by atoms with van der Waals surface area (Å²) in [7, 11) is 1.69. The van der Waals surface area contributed by atoms with Crippen LogP contribution in [0.5, 0.6) is 0 Å². The molecule has 1 unspecified atom stereocenters. The van der Waals surface area contributed by atoms with E-state index in [0.29, 0.717) is 25.9 Å². The van der Waals surface area contributed by atoms with Gasteiger partial charge in [0.05, 0.1) is 0 Å². The lowest BCUT2D eigenvalue weighted by Crippen LogP contribution is -2.55. The number of likely N-dealkylation sites (N-methyl/N-ethyl adjacent to an activating group) is 1. The van der Waals surface area contributed by atoms with Crippen LogP contribution in [0.25, 0.3) is 11.0 Å². The Morgan fingerprint density at radius 3 is 2.72 bits per heavy atom. The van der Waals surface area contributed by atoms with Gasteiger partial charge in [-0.3, -0.25) is 4.79 Å². The zero-order valence-electron chi connectivity index (χ0n) is 16.5. The van der Waals surface area contributed by atoms with Crippen molar-refractivity contribution in [1.82, 2.24) is 10.2 Å². The molecule has 0 spiro atoms. The molecule has 0 radical (unpaired) electrons. The smallest absolute Gasteiger partial charge is 0.317 e. The summed E-state index contributed by atoms with van der Waals surface area (Å²) >= 11 is 0. The van der Waals surface area contributed by atoms with Gasteiger partial charge in [0.15, 0.2) is 0 Å². The number of hydrogen-bond acceptors (Lipinski definition) is 3. The number of rotatable bonds is 5. The van der Waals surface area contributed by atoms with E-state index < -0.39 is 6.04 Å². The Labute approximate surface area is 170 Å². The molecule has 1 aromatic heterocycles. The normalized spacial score (nSPS) is 16.8. The lowest BCUT2D eigenvalue weighted by molar-refractivity contribution is -0.123. The molecule has 1 saturated heterocycles. The van der Waals surface area contributed by atoms with Gasteiger partial charge in [0, 0.05) is 37.6 Å². The van der Waals surface area contributed by atoms with Crippen LogP contribution in [0, 0.1) is 0 Å². The zero-order chi connectivity index (χ0) is 20.2. The average molecular weight is 391 g/mol. The Morgan fingerprint density at radius 1 is 1.17 bits per heavy atom. The Morgan fingerprint density at radius 2 is 1.93 bits per heavy atom. The van der Waals surface area contributed by atoms with Crippen LogP contribution in [0.15, 0.2) is 65.1 Å². The number of furan rings is 1. The molecule has 1 N–H and O–H groups in total. The summed E-state index contributed by atoms with van der Waals surface area (Å²) in [4.78, 5) is 28.9. The van der Waals surface area contributed by atoms with Gasteiger partial charge in [0.1, 0.15) is 17.4 Å². The van der Waals surface area contributed by atoms with Gasteiger partial charge in [-0.25, -0.2) is 4.79 Å². The largest absolute Gasteiger partial charge is 0.461 e. The van der Waals surface area contributed by atoms with Crippen molar-refractivity contribution in [3.8, 4) is 0 Å². The van der Waals surface area contributed by atoms with Gasteiger partial charge in [-0.05, 0) is 37.1 Å². The van der Waals surface area contributed by atoms with Crippen LogP contribution in [0.3, 0.4) is 0 Å². The number of piperidine rings is 1. The maximum Gasteiger partial charge on any atom is 0.317 e. The molecule has 1 aliphatic rings. The number of carbonyl (C=O) groups excluding carboxylic acids is 2. The molecule has 1 fully saturated rings. The Hall–Kier alpha value is -3.28. The fourth-order valence-electron chi connectivity index (χ4n) is 3.80. The molecule has 3 amide bonds. The Balaban J connectivity index is 1.34. The van der Waals surface area contributed by atoms with Crippen molar-refractivity contribution in [1.29, 1.82) is 0 Å². The Kier molecular flexibility index (Phi) is 5.51. The van der Waals surface area contributed by atoms with Gasteiger partial charge in [-0.15, -0.1) is 0 Å². The minimum absolute atomic E-state index is 0.0302. The predicted octanol–water partition coefficient (Wildman–Crippen LogP) is 3.81. The summed E-state index contributed by atoms with van der Waals surface area (Å²) in [5, 5.41) is 3.96. The highest BCUT2D eigenvalue weighted by molar-refractivity contribution is 5.99. The number of carbonyl (C=O) groups is 2. The van der Waals surface area contributed by atoms with Crippen LogP contribution >= 0.6 is 0 Å². The standard InChI is InChI=1S/C23H25N3O3/c1-25(20-11-7-15-26(22(20)27)18-9-3-2-4-10-18)23(28)24-14-13-19-16-17-8-5-6-12-21(17)29-19/h2-6,8-10,12,16,20H,7,11,13-15H2,1H3,(H,24,28). The highest BCUT2D eigenvalue weighted by Gasteiger charge is 2.34. The van der Waals surface area contributed by atoms with E-state index in [0.717, 1.165) is 28.8 Å². The summed E-state index contributed by atoms with van der Waals surface area (Å²) < 4.78 is 5.78. The van der Waals surface area contributed by atoms with Crippen molar-refractivity contribution in [2.45, 2.75) is 25.3 Å². The first-order valence-corrected chi connectivity index (χ1v) is 9.98. The summed E-state index contributed by atoms with van der Waals surface area (Å²) in [6.07, 6.45) is 2.14. The molecule has 1 aliphatic heterocycles. The molecule has 29 heavy (non-hydrogen) atoms. The average Bonchev–Trinajstić information content (AvgIpc) is 3.17. The van der Waals surface area contributed by atoms with Crippen molar-refractivity contribution in [2.24, 2.45) is 0 Å². The topological polar surface area (TPSA) is 65.8 Å². The highest BCUT2D eigenvalue weighted by atomic mass is 16.3. The highest BCUT2D eigenvalue weighted by Crippen LogP contribution is 2.23. The lowest BCUT2D eigenvalue weighted by atomic mass is 10.0. The summed E-state index contributed by atoms with van der Waals surface area (Å²) in [5.41, 5.74) is 1.72. The number of anilines is 1. The number of nitrogens with zero attached hydrogens (tertiary/aromatic N) is 2. The van der Waals surface area contributed by atoms with E-state index in [1.54, 1.807) is 11.9 Å². The van der Waals surface area contributed by atoms with Crippen LogP contribution in [0.1, 0.15) is 18.6 Å². The van der Waals surface area contributed by atoms with Crippen LogP contribution in [-0.4, -0.2) is 43.0 Å². The quantitative estimate of drug-likeness (QED) is 0.719. The molecule has 0 saturated carbocycles. The van der Waals surface area contributed by atoms with E-state index in [1.165, 1.54) is 4.90 Å². The van der Waals surface area contributed by atoms with E-state index >= 15 is 0 Å². The Bertz CT molecular complexity index is 966. The third kappa shape index (κ3) is 4.11. The molecule has 2 heterocycles. The third-order valence-corrected chi connectivity index (χ3v) is 5.39. The number of benzene rings is 2. The second-order valence-corrected chi connectivity index (χ2v) is 7.33. The van der Waals surface area contributed by atoms with Crippen LogP contribution in [0.4, 0.5) is 10.5 Å². The first kappa shape index (κ1) is 19.1. The van der Waals surface area contributed by atoms with Crippen LogP contribution in [-0.2, 0) is 11.2 Å². The van der Waals surface area contributed by atoms with Gasteiger partial charge >= 0.3 is 6.03 Å². The molecule has 1 atom stereocenters. The molecule has 0 aliphatic carbocycles. The molecule has 4 rings (SSSR count).